The van der Waals surface area contributed by atoms with E-state index in [-0.39, 0.29) is 40.9 Å². The van der Waals surface area contributed by atoms with Crippen molar-refractivity contribution in [1.29, 1.82) is 0 Å². The van der Waals surface area contributed by atoms with E-state index >= 15 is 0 Å². The summed E-state index contributed by atoms with van der Waals surface area (Å²) in [7, 11) is 1.42. The Morgan fingerprint density at radius 3 is 2.39 bits per heavy atom. The lowest BCUT2D eigenvalue weighted by atomic mass is 9.75. The molecule has 1 aromatic rings. The van der Waals surface area contributed by atoms with E-state index in [0.717, 1.165) is 32.1 Å². The molecule has 0 saturated heterocycles. The van der Waals surface area contributed by atoms with E-state index in [9.17, 15) is 24.2 Å². The summed E-state index contributed by atoms with van der Waals surface area (Å²) in [5, 5.41) is 27.2. The number of aliphatic hydroxyl groups excluding tert-OH is 1. The van der Waals surface area contributed by atoms with E-state index in [2.05, 4.69) is 17.6 Å². The Labute approximate surface area is 223 Å². The van der Waals surface area contributed by atoms with Gasteiger partial charge in [-0.05, 0) is 88.0 Å². The van der Waals surface area contributed by atoms with Gasteiger partial charge in [-0.15, -0.1) is 0 Å². The van der Waals surface area contributed by atoms with Gasteiger partial charge in [0, 0.05) is 24.2 Å². The molecule has 210 valence electrons. The molecule has 5 rings (SSSR count). The van der Waals surface area contributed by atoms with Crippen molar-refractivity contribution in [2.45, 2.75) is 90.0 Å². The smallest absolute Gasteiger partial charge is 0.309 e. The number of methoxy groups -OCH3 is 1. The number of carboxylic acids is 1. The summed E-state index contributed by atoms with van der Waals surface area (Å²) in [5.41, 5.74) is -0.218. The standard InChI is InChI=1S/C29H41FN2O6/c1-28(10-11-28)15-31-26(34)23-16-4-5-17(12-16)24(23)32-25(33)19-13-22(20(30)14-21(19)37-3)38-18-6-8-29(2,9-7-18)27(35)36/h13-14,16-18,23-25,32-33H,4-12,15H2,1-3H3,(H,31,34)(H,35,36)/t16-,17+,18?,23+,24-,25?,29?/m1/s1. The van der Waals surface area contributed by atoms with Crippen LogP contribution in [0, 0.1) is 34.4 Å². The molecule has 38 heavy (non-hydrogen) atoms. The topological polar surface area (TPSA) is 117 Å². The molecule has 0 radical (unpaired) electrons. The van der Waals surface area contributed by atoms with Gasteiger partial charge < -0.3 is 25.0 Å². The Bertz CT molecular complexity index is 1070. The van der Waals surface area contributed by atoms with Crippen molar-refractivity contribution >= 4 is 11.9 Å². The summed E-state index contributed by atoms with van der Waals surface area (Å²) < 4.78 is 26.3. The fourth-order valence-electron chi connectivity index (χ4n) is 6.76. The minimum atomic E-state index is -1.17. The number of carbonyl (C=O) groups is 2. The minimum absolute atomic E-state index is 0.00508. The van der Waals surface area contributed by atoms with Crippen molar-refractivity contribution in [3.63, 3.8) is 0 Å². The summed E-state index contributed by atoms with van der Waals surface area (Å²) in [6.07, 6.45) is 5.71. The maximum Gasteiger partial charge on any atom is 0.309 e. The summed E-state index contributed by atoms with van der Waals surface area (Å²) in [5.74, 6) is -0.779. The van der Waals surface area contributed by atoms with Crippen LogP contribution >= 0.6 is 0 Å². The maximum absolute atomic E-state index is 14.9. The Kier molecular flexibility index (Phi) is 7.37. The van der Waals surface area contributed by atoms with Gasteiger partial charge in [-0.2, -0.15) is 0 Å². The number of carbonyl (C=O) groups excluding carboxylic acids is 1. The van der Waals surface area contributed by atoms with Gasteiger partial charge in [0.1, 0.15) is 12.0 Å². The molecule has 4 fully saturated rings. The van der Waals surface area contributed by atoms with E-state index in [1.807, 2.05) is 0 Å². The quantitative estimate of drug-likeness (QED) is 0.334. The van der Waals surface area contributed by atoms with Crippen LogP contribution in [-0.2, 0) is 9.59 Å². The first-order chi connectivity index (χ1) is 18.0. The number of fused-ring (bicyclic) bond motifs is 2. The third-order valence-corrected chi connectivity index (χ3v) is 9.79. The third kappa shape index (κ3) is 5.37. The number of nitrogens with one attached hydrogen (secondary N) is 2. The van der Waals surface area contributed by atoms with Crippen molar-refractivity contribution in [1.82, 2.24) is 10.6 Å². The van der Waals surface area contributed by atoms with E-state index < -0.39 is 23.4 Å². The Hall–Kier alpha value is -2.39. The van der Waals surface area contributed by atoms with E-state index in [4.69, 9.17) is 9.47 Å². The number of halogens is 1. The number of amides is 1. The minimum Gasteiger partial charge on any atom is -0.496 e. The average Bonchev–Trinajstić information content (AvgIpc) is 3.29. The molecule has 1 amide bonds. The van der Waals surface area contributed by atoms with Crippen LogP contribution in [0.1, 0.15) is 83.4 Å². The fraction of sp³-hybridized carbons (Fsp3) is 0.724. The second kappa shape index (κ2) is 10.3. The summed E-state index contributed by atoms with van der Waals surface area (Å²) in [6.45, 7) is 4.61. The number of carboxylic acid groups (broad SMARTS) is 1. The normalized spacial score (nSPS) is 34.0. The van der Waals surface area contributed by atoms with Gasteiger partial charge in [-0.3, -0.25) is 14.9 Å². The van der Waals surface area contributed by atoms with Crippen molar-refractivity contribution in [3.05, 3.63) is 23.5 Å². The number of aliphatic carboxylic acids is 1. The van der Waals surface area contributed by atoms with Crippen molar-refractivity contribution in [2.75, 3.05) is 13.7 Å². The molecule has 2 bridgehead atoms. The first-order valence-corrected chi connectivity index (χ1v) is 14.0. The van der Waals surface area contributed by atoms with Gasteiger partial charge in [-0.25, -0.2) is 4.39 Å². The maximum atomic E-state index is 14.9. The van der Waals surface area contributed by atoms with E-state index in [0.29, 0.717) is 49.6 Å². The van der Waals surface area contributed by atoms with Gasteiger partial charge in [0.05, 0.1) is 24.5 Å². The molecule has 0 aliphatic heterocycles. The highest BCUT2D eigenvalue weighted by Gasteiger charge is 2.52. The van der Waals surface area contributed by atoms with E-state index in [1.165, 1.54) is 19.2 Å². The zero-order chi connectivity index (χ0) is 27.2. The largest absolute Gasteiger partial charge is 0.496 e. The first kappa shape index (κ1) is 27.2. The van der Waals surface area contributed by atoms with Crippen LogP contribution in [0.4, 0.5) is 4.39 Å². The molecule has 1 unspecified atom stereocenters. The summed E-state index contributed by atoms with van der Waals surface area (Å²) in [4.78, 5) is 24.8. The Balaban J connectivity index is 1.28. The second-order valence-electron chi connectivity index (χ2n) is 12.7. The van der Waals surface area contributed by atoms with Crippen LogP contribution in [0.25, 0.3) is 0 Å². The molecule has 8 nitrogen and oxygen atoms in total. The fourth-order valence-corrected chi connectivity index (χ4v) is 6.76. The molecule has 4 aliphatic rings. The second-order valence-corrected chi connectivity index (χ2v) is 12.7. The lowest BCUT2D eigenvalue weighted by molar-refractivity contribution is -0.150. The molecule has 4 saturated carbocycles. The lowest BCUT2D eigenvalue weighted by Crippen LogP contribution is -2.49. The first-order valence-electron chi connectivity index (χ1n) is 14.0. The Morgan fingerprint density at radius 1 is 1.08 bits per heavy atom. The highest BCUT2D eigenvalue weighted by Crippen LogP contribution is 2.50. The van der Waals surface area contributed by atoms with Crippen LogP contribution in [0.15, 0.2) is 12.1 Å². The molecule has 5 atom stereocenters. The van der Waals surface area contributed by atoms with Crippen molar-refractivity contribution in [3.8, 4) is 11.5 Å². The molecular formula is C29H41FN2O6. The van der Waals surface area contributed by atoms with Gasteiger partial charge in [-0.1, -0.05) is 6.92 Å². The predicted octanol–water partition coefficient (Wildman–Crippen LogP) is 4.16. The highest BCUT2D eigenvalue weighted by atomic mass is 19.1. The van der Waals surface area contributed by atoms with Gasteiger partial charge in [0.25, 0.3) is 0 Å². The molecule has 0 aromatic heterocycles. The molecule has 0 heterocycles. The Morgan fingerprint density at radius 2 is 1.76 bits per heavy atom. The number of rotatable bonds is 10. The number of benzene rings is 1. The predicted molar refractivity (Wildman–Crippen MR) is 138 cm³/mol. The summed E-state index contributed by atoms with van der Waals surface area (Å²) in [6, 6.07) is 2.50. The number of ether oxygens (including phenoxy) is 2. The average molecular weight is 533 g/mol. The van der Waals surface area contributed by atoms with Crippen molar-refractivity contribution < 1.29 is 33.7 Å². The molecular weight excluding hydrogens is 491 g/mol. The van der Waals surface area contributed by atoms with Gasteiger partial charge in [0.15, 0.2) is 11.6 Å². The monoisotopic (exact) mass is 532 g/mol. The number of hydrogen-bond donors (Lipinski definition) is 4. The van der Waals surface area contributed by atoms with Crippen LogP contribution < -0.4 is 20.1 Å². The molecule has 1 aromatic carbocycles. The molecule has 4 N–H and O–H groups in total. The molecule has 9 heteroatoms. The number of hydrogen-bond acceptors (Lipinski definition) is 6. The van der Waals surface area contributed by atoms with Gasteiger partial charge in [0.2, 0.25) is 5.91 Å². The van der Waals surface area contributed by atoms with Gasteiger partial charge >= 0.3 is 5.97 Å². The number of aliphatic hydroxyl groups is 1. The van der Waals surface area contributed by atoms with Crippen LogP contribution in [0.3, 0.4) is 0 Å². The SMILES string of the molecule is COc1cc(F)c(OC2CCC(C)(C(=O)O)CC2)cc1C(O)N[C@@H]1[C@H]2CC[C@H](C2)[C@@H]1C(=O)NCC1(C)CC1. The zero-order valence-electron chi connectivity index (χ0n) is 22.6. The van der Waals surface area contributed by atoms with Crippen molar-refractivity contribution in [2.24, 2.45) is 28.6 Å². The lowest BCUT2D eigenvalue weighted by Gasteiger charge is -2.34. The van der Waals surface area contributed by atoms with Crippen LogP contribution in [-0.4, -0.2) is 47.9 Å². The summed E-state index contributed by atoms with van der Waals surface area (Å²) >= 11 is 0. The van der Waals surface area contributed by atoms with Crippen LogP contribution in [0.2, 0.25) is 0 Å². The molecule has 4 aliphatic carbocycles. The third-order valence-electron chi connectivity index (χ3n) is 9.79. The van der Waals surface area contributed by atoms with Crippen LogP contribution in [0.5, 0.6) is 11.5 Å². The molecule has 0 spiro atoms. The highest BCUT2D eigenvalue weighted by molar-refractivity contribution is 5.80. The van der Waals surface area contributed by atoms with E-state index in [1.54, 1.807) is 6.92 Å². The zero-order valence-corrected chi connectivity index (χ0v) is 22.6.